The van der Waals surface area contributed by atoms with Gasteiger partial charge in [0.05, 0.1) is 17.5 Å². The minimum Gasteiger partial charge on any atom is -0.395 e. The van der Waals surface area contributed by atoms with E-state index in [1.54, 1.807) is 6.92 Å². The summed E-state index contributed by atoms with van der Waals surface area (Å²) in [5, 5.41) is 11.6. The number of aliphatic hydroxyl groups excluding tert-OH is 1. The van der Waals surface area contributed by atoms with Crippen LogP contribution in [0.2, 0.25) is 0 Å². The van der Waals surface area contributed by atoms with Crippen molar-refractivity contribution in [3.63, 3.8) is 0 Å². The van der Waals surface area contributed by atoms with Gasteiger partial charge in [0, 0.05) is 12.6 Å². The molecule has 0 aromatic heterocycles. The molecule has 0 saturated heterocycles. The third-order valence-electron chi connectivity index (χ3n) is 1.68. The molecule has 0 saturated carbocycles. The number of anilines is 2. The third kappa shape index (κ3) is 2.56. The molecular formula is C9H12F2N2O. The maximum Gasteiger partial charge on any atom is 0.151 e. The molecule has 0 aliphatic heterocycles. The van der Waals surface area contributed by atoms with Crippen LogP contribution in [0.4, 0.5) is 20.2 Å². The van der Waals surface area contributed by atoms with E-state index in [4.69, 9.17) is 10.8 Å². The van der Waals surface area contributed by atoms with Gasteiger partial charge < -0.3 is 16.2 Å². The van der Waals surface area contributed by atoms with Gasteiger partial charge in [-0.15, -0.1) is 0 Å². The van der Waals surface area contributed by atoms with E-state index in [1.807, 2.05) is 0 Å². The molecule has 1 rings (SSSR count). The topological polar surface area (TPSA) is 58.3 Å². The smallest absolute Gasteiger partial charge is 0.151 e. The standard InChI is InChI=1S/C9H12F2N2O/c1-5(14)4-13-8-3-6(10)2-7(11)9(8)12/h2-3,5,13-14H,4,12H2,1H3. The molecule has 0 aliphatic rings. The van der Waals surface area contributed by atoms with Crippen molar-refractivity contribution in [3.05, 3.63) is 23.8 Å². The molecule has 0 bridgehead atoms. The van der Waals surface area contributed by atoms with Gasteiger partial charge in [0.15, 0.2) is 5.82 Å². The Morgan fingerprint density at radius 1 is 1.50 bits per heavy atom. The molecule has 3 nitrogen and oxygen atoms in total. The molecule has 14 heavy (non-hydrogen) atoms. The number of halogens is 2. The Morgan fingerprint density at radius 3 is 2.71 bits per heavy atom. The van der Waals surface area contributed by atoms with Gasteiger partial charge >= 0.3 is 0 Å². The normalized spacial score (nSPS) is 12.6. The first-order valence-electron chi connectivity index (χ1n) is 4.17. The van der Waals surface area contributed by atoms with Crippen LogP contribution in [-0.2, 0) is 0 Å². The fourth-order valence-electron chi connectivity index (χ4n) is 0.989. The Bertz CT molecular complexity index is 329. The van der Waals surface area contributed by atoms with Crippen LogP contribution in [0.15, 0.2) is 12.1 Å². The van der Waals surface area contributed by atoms with E-state index in [0.717, 1.165) is 6.07 Å². The predicted molar refractivity (Wildman–Crippen MR) is 50.9 cm³/mol. The molecular weight excluding hydrogens is 190 g/mol. The minimum absolute atomic E-state index is 0.146. The quantitative estimate of drug-likeness (QED) is 0.648. The molecule has 0 fully saturated rings. The highest BCUT2D eigenvalue weighted by Gasteiger charge is 2.08. The molecule has 5 heteroatoms. The van der Waals surface area contributed by atoms with E-state index in [2.05, 4.69) is 5.32 Å². The van der Waals surface area contributed by atoms with Gasteiger partial charge in [-0.2, -0.15) is 0 Å². The first kappa shape index (κ1) is 10.7. The molecule has 4 N–H and O–H groups in total. The van der Waals surface area contributed by atoms with Gasteiger partial charge in [-0.3, -0.25) is 0 Å². The Hall–Kier alpha value is -1.36. The van der Waals surface area contributed by atoms with Crippen LogP contribution in [-0.4, -0.2) is 17.8 Å². The molecule has 1 aromatic carbocycles. The zero-order valence-corrected chi connectivity index (χ0v) is 7.72. The van der Waals surface area contributed by atoms with E-state index in [0.29, 0.717) is 6.07 Å². The molecule has 78 valence electrons. The first-order valence-corrected chi connectivity index (χ1v) is 4.17. The van der Waals surface area contributed by atoms with Crippen molar-refractivity contribution in [2.24, 2.45) is 0 Å². The van der Waals surface area contributed by atoms with Gasteiger partial charge in [0.1, 0.15) is 5.82 Å². The van der Waals surface area contributed by atoms with E-state index in [9.17, 15) is 8.78 Å². The molecule has 1 atom stereocenters. The third-order valence-corrected chi connectivity index (χ3v) is 1.68. The summed E-state index contributed by atoms with van der Waals surface area (Å²) in [6.07, 6.45) is -0.610. The van der Waals surface area contributed by atoms with Gasteiger partial charge in [-0.05, 0) is 13.0 Å². The van der Waals surface area contributed by atoms with E-state index < -0.39 is 17.7 Å². The lowest BCUT2D eigenvalue weighted by Crippen LogP contribution is -2.16. The molecule has 0 aliphatic carbocycles. The number of hydrogen-bond donors (Lipinski definition) is 3. The molecule has 0 spiro atoms. The Kier molecular flexibility index (Phi) is 3.24. The molecule has 1 aromatic rings. The second-order valence-electron chi connectivity index (χ2n) is 3.08. The van der Waals surface area contributed by atoms with Gasteiger partial charge in [0.2, 0.25) is 0 Å². The Balaban J connectivity index is 2.85. The summed E-state index contributed by atoms with van der Waals surface area (Å²) in [7, 11) is 0. The number of nitrogen functional groups attached to an aromatic ring is 1. The minimum atomic E-state index is -0.807. The van der Waals surface area contributed by atoms with Gasteiger partial charge in [-0.25, -0.2) is 8.78 Å². The van der Waals surface area contributed by atoms with E-state index in [-0.39, 0.29) is 17.9 Å². The Labute approximate surface area is 80.5 Å². The fraction of sp³-hybridized carbons (Fsp3) is 0.333. The van der Waals surface area contributed by atoms with Crippen molar-refractivity contribution < 1.29 is 13.9 Å². The maximum atomic E-state index is 12.9. The SMILES string of the molecule is CC(O)CNc1cc(F)cc(F)c1N. The van der Waals surface area contributed by atoms with Gasteiger partial charge in [-0.1, -0.05) is 0 Å². The van der Waals surface area contributed by atoms with Crippen LogP contribution in [0.25, 0.3) is 0 Å². The molecule has 1 unspecified atom stereocenters. The molecule has 0 radical (unpaired) electrons. The number of aliphatic hydroxyl groups is 1. The number of nitrogens with two attached hydrogens (primary N) is 1. The van der Waals surface area contributed by atoms with Crippen LogP contribution in [0.3, 0.4) is 0 Å². The number of rotatable bonds is 3. The summed E-state index contributed by atoms with van der Waals surface area (Å²) < 4.78 is 25.6. The maximum absolute atomic E-state index is 12.9. The lowest BCUT2D eigenvalue weighted by molar-refractivity contribution is 0.208. The van der Waals surface area contributed by atoms with E-state index in [1.165, 1.54) is 0 Å². The number of benzene rings is 1. The molecule has 0 heterocycles. The van der Waals surface area contributed by atoms with Crippen molar-refractivity contribution in [1.82, 2.24) is 0 Å². The lowest BCUT2D eigenvalue weighted by atomic mass is 10.2. The van der Waals surface area contributed by atoms with Crippen molar-refractivity contribution >= 4 is 11.4 Å². The fourth-order valence-corrected chi connectivity index (χ4v) is 0.989. The summed E-state index contributed by atoms with van der Waals surface area (Å²) in [5.41, 5.74) is 5.36. The van der Waals surface area contributed by atoms with Crippen LogP contribution < -0.4 is 11.1 Å². The highest BCUT2D eigenvalue weighted by molar-refractivity contribution is 5.66. The van der Waals surface area contributed by atoms with Crippen molar-refractivity contribution in [3.8, 4) is 0 Å². The largest absolute Gasteiger partial charge is 0.395 e. The van der Waals surface area contributed by atoms with Crippen molar-refractivity contribution in [2.75, 3.05) is 17.6 Å². The average Bonchev–Trinajstić information content (AvgIpc) is 2.08. The van der Waals surface area contributed by atoms with Crippen LogP contribution in [0.1, 0.15) is 6.92 Å². The van der Waals surface area contributed by atoms with Crippen LogP contribution >= 0.6 is 0 Å². The Morgan fingerprint density at radius 2 is 2.14 bits per heavy atom. The zero-order valence-electron chi connectivity index (χ0n) is 7.72. The first-order chi connectivity index (χ1) is 6.50. The summed E-state index contributed by atoms with van der Waals surface area (Å²) in [6, 6.07) is 1.80. The summed E-state index contributed by atoms with van der Waals surface area (Å²) in [5.74, 6) is -1.51. The predicted octanol–water partition coefficient (Wildman–Crippen LogP) is 1.34. The van der Waals surface area contributed by atoms with Crippen LogP contribution in [0, 0.1) is 11.6 Å². The second-order valence-corrected chi connectivity index (χ2v) is 3.08. The number of nitrogens with one attached hydrogen (secondary N) is 1. The summed E-state index contributed by atoms with van der Waals surface area (Å²) >= 11 is 0. The monoisotopic (exact) mass is 202 g/mol. The van der Waals surface area contributed by atoms with Crippen molar-refractivity contribution in [1.29, 1.82) is 0 Å². The zero-order chi connectivity index (χ0) is 10.7. The highest BCUT2D eigenvalue weighted by atomic mass is 19.1. The highest BCUT2D eigenvalue weighted by Crippen LogP contribution is 2.23. The van der Waals surface area contributed by atoms with Crippen molar-refractivity contribution in [2.45, 2.75) is 13.0 Å². The summed E-state index contributed by atoms with van der Waals surface area (Å²) in [6.45, 7) is 1.74. The second kappa shape index (κ2) is 4.23. The van der Waals surface area contributed by atoms with Gasteiger partial charge in [0.25, 0.3) is 0 Å². The lowest BCUT2D eigenvalue weighted by Gasteiger charge is -2.11. The van der Waals surface area contributed by atoms with Crippen LogP contribution in [0.5, 0.6) is 0 Å². The number of hydrogen-bond acceptors (Lipinski definition) is 3. The average molecular weight is 202 g/mol. The molecule has 0 amide bonds. The summed E-state index contributed by atoms with van der Waals surface area (Å²) in [4.78, 5) is 0. The van der Waals surface area contributed by atoms with E-state index >= 15 is 0 Å².